The lowest BCUT2D eigenvalue weighted by Crippen LogP contribution is -2.51. The zero-order valence-corrected chi connectivity index (χ0v) is 17.5. The van der Waals surface area contributed by atoms with E-state index in [0.717, 1.165) is 65.5 Å². The van der Waals surface area contributed by atoms with Crippen LogP contribution in [0.15, 0.2) is 23.6 Å². The first-order chi connectivity index (χ1) is 13.2. The summed E-state index contributed by atoms with van der Waals surface area (Å²) in [5.41, 5.74) is 1.96. The average Bonchev–Trinajstić information content (AvgIpc) is 3.34. The molecule has 2 aromatic heterocycles. The van der Waals surface area contributed by atoms with E-state index in [0.29, 0.717) is 12.1 Å². The molecule has 150 valence electrons. The molecule has 0 aliphatic carbocycles. The number of likely N-dealkylation sites (tertiary alicyclic amines) is 1. The molecule has 2 saturated heterocycles. The van der Waals surface area contributed by atoms with Gasteiger partial charge in [0.1, 0.15) is 17.8 Å². The first kappa shape index (κ1) is 19.5. The fraction of sp³-hybridized carbons (Fsp3) is 0.526. The van der Waals surface area contributed by atoms with E-state index in [9.17, 15) is 4.79 Å². The number of halogens is 1. The van der Waals surface area contributed by atoms with Gasteiger partial charge in [0.2, 0.25) is 0 Å². The molecule has 0 unspecified atom stereocenters. The molecule has 2 N–H and O–H groups in total. The van der Waals surface area contributed by atoms with Crippen LogP contribution in [0, 0.1) is 6.92 Å². The number of nitrogens with zero attached hydrogens (tertiary/aromatic N) is 4. The van der Waals surface area contributed by atoms with Gasteiger partial charge >= 0.3 is 0 Å². The maximum atomic E-state index is 13.3. The number of piperidine rings is 1. The van der Waals surface area contributed by atoms with Crippen LogP contribution in [0.1, 0.15) is 24.8 Å². The summed E-state index contributed by atoms with van der Waals surface area (Å²) in [7, 11) is 0. The Morgan fingerprint density at radius 1 is 1.29 bits per heavy atom. The first-order valence-corrected chi connectivity index (χ1v) is 10.7. The maximum absolute atomic E-state index is 13.3. The van der Waals surface area contributed by atoms with Gasteiger partial charge in [-0.1, -0.05) is 0 Å². The van der Waals surface area contributed by atoms with Crippen molar-refractivity contribution in [3.8, 4) is 0 Å². The number of anilines is 1. The number of aryl methyl sites for hydroxylation is 1. The molecule has 0 aromatic carbocycles. The highest BCUT2D eigenvalue weighted by Crippen LogP contribution is 2.33. The van der Waals surface area contributed by atoms with Gasteiger partial charge in [0.05, 0.1) is 10.3 Å². The Hall–Kier alpha value is -1.77. The minimum atomic E-state index is 0. The number of amides is 1. The highest BCUT2D eigenvalue weighted by molar-refractivity contribution is 8.04. The van der Waals surface area contributed by atoms with Gasteiger partial charge in [0, 0.05) is 43.3 Å². The Bertz CT molecular complexity index is 915. The first-order valence-electron chi connectivity index (χ1n) is 9.66. The molecule has 5 heterocycles. The predicted molar refractivity (Wildman–Crippen MR) is 115 cm³/mol. The summed E-state index contributed by atoms with van der Waals surface area (Å²) in [4.78, 5) is 30.4. The number of aromatic nitrogens is 3. The van der Waals surface area contributed by atoms with Crippen LogP contribution in [0.5, 0.6) is 0 Å². The Labute approximate surface area is 174 Å². The van der Waals surface area contributed by atoms with E-state index in [1.807, 2.05) is 12.4 Å². The lowest BCUT2D eigenvalue weighted by atomic mass is 9.97. The van der Waals surface area contributed by atoms with Crippen molar-refractivity contribution < 1.29 is 4.79 Å². The molecule has 9 heteroatoms. The number of rotatable bonds is 2. The van der Waals surface area contributed by atoms with Crippen molar-refractivity contribution in [3.63, 3.8) is 0 Å². The van der Waals surface area contributed by atoms with E-state index in [2.05, 4.69) is 37.0 Å². The summed E-state index contributed by atoms with van der Waals surface area (Å²) in [6, 6.07) is 0.817. The van der Waals surface area contributed by atoms with Crippen LogP contribution < -0.4 is 10.2 Å². The van der Waals surface area contributed by atoms with E-state index >= 15 is 0 Å². The molecule has 3 aliphatic rings. The second-order valence-electron chi connectivity index (χ2n) is 7.49. The van der Waals surface area contributed by atoms with Crippen LogP contribution in [-0.4, -0.2) is 63.2 Å². The molecule has 7 nitrogen and oxygen atoms in total. The molecule has 2 atom stereocenters. The molecule has 0 bridgehead atoms. The van der Waals surface area contributed by atoms with E-state index in [-0.39, 0.29) is 18.3 Å². The normalized spacial score (nSPS) is 24.7. The maximum Gasteiger partial charge on any atom is 0.262 e. The highest BCUT2D eigenvalue weighted by atomic mass is 35.5. The lowest BCUT2D eigenvalue weighted by Gasteiger charge is -2.38. The Morgan fingerprint density at radius 2 is 2.18 bits per heavy atom. The second-order valence-corrected chi connectivity index (χ2v) is 8.62. The van der Waals surface area contributed by atoms with Gasteiger partial charge in [-0.25, -0.2) is 9.97 Å². The van der Waals surface area contributed by atoms with Gasteiger partial charge in [-0.15, -0.1) is 24.2 Å². The van der Waals surface area contributed by atoms with Gasteiger partial charge in [-0.05, 0) is 38.3 Å². The van der Waals surface area contributed by atoms with Crippen molar-refractivity contribution in [2.45, 2.75) is 38.3 Å². The van der Waals surface area contributed by atoms with Crippen molar-refractivity contribution in [1.82, 2.24) is 25.2 Å². The van der Waals surface area contributed by atoms with Crippen LogP contribution in [0.25, 0.3) is 11.0 Å². The minimum Gasteiger partial charge on any atom is -0.346 e. The van der Waals surface area contributed by atoms with Crippen molar-refractivity contribution in [2.75, 3.05) is 30.3 Å². The second kappa shape index (κ2) is 7.93. The number of fused-ring (bicyclic) bond motifs is 2. The molecular weight excluding hydrogens is 396 g/mol. The SMILES string of the molecule is Cc1c[nH]c2ncnc(N3C=C(C(=O)N4CCC[C@@H]5NCC[C@@H]54)SCC3)c12.Cl. The van der Waals surface area contributed by atoms with Gasteiger partial charge in [-0.2, -0.15) is 0 Å². The van der Waals surface area contributed by atoms with E-state index in [1.54, 1.807) is 18.1 Å². The molecule has 0 radical (unpaired) electrons. The predicted octanol–water partition coefficient (Wildman–Crippen LogP) is 2.44. The van der Waals surface area contributed by atoms with Crippen LogP contribution in [0.4, 0.5) is 5.82 Å². The van der Waals surface area contributed by atoms with Crippen molar-refractivity contribution >= 4 is 46.9 Å². The highest BCUT2D eigenvalue weighted by Gasteiger charge is 2.38. The zero-order chi connectivity index (χ0) is 18.4. The largest absolute Gasteiger partial charge is 0.346 e. The number of aromatic amines is 1. The molecule has 5 rings (SSSR count). The van der Waals surface area contributed by atoms with Gasteiger partial charge < -0.3 is 20.1 Å². The standard InChI is InChI=1S/C19H24N6OS.ClH/c1-12-9-21-17-16(12)18(23-11-22-17)24-7-8-27-15(10-24)19(26)25-6-2-3-13-14(25)4-5-20-13;/h9-11,13-14,20H,2-8H2,1H3,(H,21,22,23);1H/t13-,14-;/m0./s1. The third kappa shape index (κ3) is 3.27. The van der Waals surface area contributed by atoms with Crippen LogP contribution in [-0.2, 0) is 4.79 Å². The monoisotopic (exact) mass is 420 g/mol. The van der Waals surface area contributed by atoms with Gasteiger partial charge in [0.15, 0.2) is 0 Å². The number of thioether (sulfide) groups is 1. The zero-order valence-electron chi connectivity index (χ0n) is 15.9. The molecule has 0 spiro atoms. The Balaban J connectivity index is 0.00000192. The van der Waals surface area contributed by atoms with Crippen LogP contribution >= 0.6 is 24.2 Å². The van der Waals surface area contributed by atoms with E-state index < -0.39 is 0 Å². The number of carbonyl (C=O) groups excluding carboxylic acids is 1. The van der Waals surface area contributed by atoms with Crippen molar-refractivity contribution in [2.24, 2.45) is 0 Å². The number of hydrogen-bond donors (Lipinski definition) is 2. The number of carbonyl (C=O) groups is 1. The average molecular weight is 421 g/mol. The van der Waals surface area contributed by atoms with Crippen molar-refractivity contribution in [1.29, 1.82) is 0 Å². The van der Waals surface area contributed by atoms with Crippen LogP contribution in [0.3, 0.4) is 0 Å². The minimum absolute atomic E-state index is 0. The molecule has 2 aromatic rings. The fourth-order valence-electron chi connectivity index (χ4n) is 4.56. The van der Waals surface area contributed by atoms with Gasteiger partial charge in [-0.3, -0.25) is 4.79 Å². The Morgan fingerprint density at radius 3 is 3.07 bits per heavy atom. The quantitative estimate of drug-likeness (QED) is 0.777. The molecule has 0 saturated carbocycles. The summed E-state index contributed by atoms with van der Waals surface area (Å²) in [6.45, 7) is 4.78. The van der Waals surface area contributed by atoms with Crippen molar-refractivity contribution in [3.05, 3.63) is 29.2 Å². The third-order valence-corrected chi connectivity index (χ3v) is 6.86. The Kier molecular flexibility index (Phi) is 5.53. The van der Waals surface area contributed by atoms with E-state index in [1.165, 1.54) is 6.42 Å². The molecule has 2 fully saturated rings. The smallest absolute Gasteiger partial charge is 0.262 e. The number of hydrogen-bond acceptors (Lipinski definition) is 6. The fourth-order valence-corrected chi connectivity index (χ4v) is 5.51. The number of H-pyrrole nitrogens is 1. The third-order valence-electron chi connectivity index (χ3n) is 5.88. The summed E-state index contributed by atoms with van der Waals surface area (Å²) < 4.78 is 0. The number of nitrogens with one attached hydrogen (secondary N) is 2. The molecule has 1 amide bonds. The summed E-state index contributed by atoms with van der Waals surface area (Å²) in [5, 5.41) is 4.59. The lowest BCUT2D eigenvalue weighted by molar-refractivity contribution is -0.130. The summed E-state index contributed by atoms with van der Waals surface area (Å²) in [5.74, 6) is 1.94. The van der Waals surface area contributed by atoms with E-state index in [4.69, 9.17) is 0 Å². The molecule has 28 heavy (non-hydrogen) atoms. The molecular formula is C19H25ClN6OS. The van der Waals surface area contributed by atoms with Gasteiger partial charge in [0.25, 0.3) is 5.91 Å². The summed E-state index contributed by atoms with van der Waals surface area (Å²) >= 11 is 1.67. The topological polar surface area (TPSA) is 77.2 Å². The van der Waals surface area contributed by atoms with Crippen LogP contribution in [0.2, 0.25) is 0 Å². The summed E-state index contributed by atoms with van der Waals surface area (Å²) in [6.07, 6.45) is 8.86. The molecule has 3 aliphatic heterocycles.